The number of nitrogens with zero attached hydrogens (tertiary/aromatic N) is 4. The number of esters is 2. The van der Waals surface area contributed by atoms with Crippen molar-refractivity contribution in [1.29, 1.82) is 0 Å². The first-order chi connectivity index (χ1) is 26.1. The number of halogens is 5. The van der Waals surface area contributed by atoms with E-state index in [-0.39, 0.29) is 30.3 Å². The largest absolute Gasteiger partial charge is 0.461 e. The predicted molar refractivity (Wildman–Crippen MR) is 216 cm³/mol. The van der Waals surface area contributed by atoms with Gasteiger partial charge in [-0.25, -0.2) is 29.5 Å². The number of ether oxygens (including phenoxy) is 2. The fraction of sp³-hybridized carbons (Fsp3) is 0.150. The molecule has 0 aliphatic rings. The monoisotopic (exact) mass is 866 g/mol. The zero-order valence-corrected chi connectivity index (χ0v) is 33.4. The average molecular weight is 869 g/mol. The third kappa shape index (κ3) is 10.0. The predicted octanol–water partition coefficient (Wildman–Crippen LogP) is 11.0. The summed E-state index contributed by atoms with van der Waals surface area (Å²) in [6, 6.07) is 28.7. The second-order valence-corrected chi connectivity index (χ2v) is 13.5. The number of hydrogen-bond acceptors (Lipinski definition) is 9. The first-order valence-corrected chi connectivity index (χ1v) is 19.1. The van der Waals surface area contributed by atoms with Crippen molar-refractivity contribution in [3.8, 4) is 45.0 Å². The van der Waals surface area contributed by atoms with E-state index in [9.17, 15) is 14.7 Å². The van der Waals surface area contributed by atoms with E-state index in [0.717, 1.165) is 22.3 Å². The van der Waals surface area contributed by atoms with Gasteiger partial charge in [0.25, 0.3) is 0 Å². The molecule has 0 spiro atoms. The summed E-state index contributed by atoms with van der Waals surface area (Å²) in [6.45, 7) is 3.47. The number of carbonyl (C=O) groups excluding carboxylic acids is 2. The molecule has 2 heterocycles. The summed E-state index contributed by atoms with van der Waals surface area (Å²) in [5.41, 5.74) is 6.18. The second kappa shape index (κ2) is 19.3. The van der Waals surface area contributed by atoms with Gasteiger partial charge >= 0.3 is 11.9 Å². The van der Waals surface area contributed by atoms with Crippen LogP contribution in [0.15, 0.2) is 97.1 Å². The molecule has 6 aromatic rings. The van der Waals surface area contributed by atoms with E-state index in [1.165, 1.54) is 0 Å². The van der Waals surface area contributed by atoms with Crippen molar-refractivity contribution in [1.82, 2.24) is 19.9 Å². The summed E-state index contributed by atoms with van der Waals surface area (Å²) in [5.74, 6) is -1.13. The van der Waals surface area contributed by atoms with Crippen molar-refractivity contribution in [2.45, 2.75) is 25.8 Å². The van der Waals surface area contributed by atoms with Crippen molar-refractivity contribution < 1.29 is 24.2 Å². The van der Waals surface area contributed by atoms with Crippen LogP contribution >= 0.6 is 62.3 Å². The summed E-state index contributed by atoms with van der Waals surface area (Å²) >= 11 is 27.4. The smallest absolute Gasteiger partial charge is 0.358 e. The lowest BCUT2D eigenvalue weighted by Gasteiger charge is -2.14. The number of aromatic nitrogens is 4. The van der Waals surface area contributed by atoms with Gasteiger partial charge in [0.05, 0.1) is 54.0 Å². The van der Waals surface area contributed by atoms with Crippen molar-refractivity contribution in [2.24, 2.45) is 0 Å². The first-order valence-electron chi connectivity index (χ1n) is 16.4. The fourth-order valence-electron chi connectivity index (χ4n) is 5.11. The van der Waals surface area contributed by atoms with Gasteiger partial charge in [-0.3, -0.25) is 0 Å². The van der Waals surface area contributed by atoms with Crippen LogP contribution in [0.4, 0.5) is 0 Å². The zero-order chi connectivity index (χ0) is 38.8. The van der Waals surface area contributed by atoms with Crippen LogP contribution in [0.2, 0.25) is 20.1 Å². The molecule has 0 amide bonds. The van der Waals surface area contributed by atoms with Crippen LogP contribution in [-0.2, 0) is 21.4 Å². The molecule has 0 aliphatic heterocycles. The minimum Gasteiger partial charge on any atom is -0.461 e. The van der Waals surface area contributed by atoms with Crippen LogP contribution < -0.4 is 0 Å². The number of benzene rings is 4. The van der Waals surface area contributed by atoms with Gasteiger partial charge in [-0.2, -0.15) is 0 Å². The van der Waals surface area contributed by atoms with Gasteiger partial charge in [0.1, 0.15) is 0 Å². The molecule has 0 saturated heterocycles. The third-order valence-corrected chi connectivity index (χ3v) is 9.16. The minimum absolute atomic E-state index is 0.0120. The number of rotatable bonds is 10. The van der Waals surface area contributed by atoms with Crippen molar-refractivity contribution >= 4 is 74.3 Å². The Balaban J connectivity index is 0.000000208. The number of aliphatic hydroxyl groups is 1. The maximum atomic E-state index is 12.4. The van der Waals surface area contributed by atoms with Gasteiger partial charge in [-0.15, -0.1) is 0 Å². The molecular formula is C40H31BrCl4N4O5. The molecule has 0 aliphatic carbocycles. The highest BCUT2D eigenvalue weighted by Gasteiger charge is 2.23. The Morgan fingerprint density at radius 2 is 0.796 bits per heavy atom. The van der Waals surface area contributed by atoms with Crippen molar-refractivity contribution in [2.75, 3.05) is 13.2 Å². The quantitative estimate of drug-likeness (QED) is 0.106. The average Bonchev–Trinajstić information content (AvgIpc) is 3.18. The van der Waals surface area contributed by atoms with Crippen LogP contribution in [-0.4, -0.2) is 50.2 Å². The Morgan fingerprint density at radius 3 is 1.07 bits per heavy atom. The molecule has 0 atom stereocenters. The maximum absolute atomic E-state index is 12.4. The molecule has 0 saturated carbocycles. The van der Waals surface area contributed by atoms with Gasteiger partial charge < -0.3 is 14.6 Å². The Morgan fingerprint density at radius 1 is 0.519 bits per heavy atom. The molecule has 276 valence electrons. The van der Waals surface area contributed by atoms with Gasteiger partial charge in [0, 0.05) is 47.7 Å². The molecule has 0 radical (unpaired) electrons. The molecule has 6 rings (SSSR count). The maximum Gasteiger partial charge on any atom is 0.358 e. The Kier molecular flexibility index (Phi) is 14.5. The van der Waals surface area contributed by atoms with Crippen LogP contribution in [0.5, 0.6) is 0 Å². The van der Waals surface area contributed by atoms with Crippen LogP contribution in [0.1, 0.15) is 46.2 Å². The van der Waals surface area contributed by atoms with E-state index < -0.39 is 18.5 Å². The molecule has 4 aromatic carbocycles. The van der Waals surface area contributed by atoms with E-state index >= 15 is 0 Å². The van der Waals surface area contributed by atoms with Gasteiger partial charge in [0.2, 0.25) is 0 Å². The number of alkyl halides is 1. The van der Waals surface area contributed by atoms with Gasteiger partial charge in [-0.1, -0.05) is 111 Å². The highest BCUT2D eigenvalue weighted by molar-refractivity contribution is 9.08. The van der Waals surface area contributed by atoms with Crippen molar-refractivity contribution in [3.05, 3.63) is 140 Å². The molecule has 2 aromatic heterocycles. The Labute approximate surface area is 340 Å². The molecule has 9 nitrogen and oxygen atoms in total. The molecular weight excluding hydrogens is 838 g/mol. The van der Waals surface area contributed by atoms with E-state index in [0.29, 0.717) is 53.9 Å². The van der Waals surface area contributed by atoms with Crippen LogP contribution in [0.25, 0.3) is 45.0 Å². The zero-order valence-electron chi connectivity index (χ0n) is 28.8. The van der Waals surface area contributed by atoms with Gasteiger partial charge in [0.15, 0.2) is 11.4 Å². The van der Waals surface area contributed by atoms with Gasteiger partial charge in [-0.05, 0) is 62.4 Å². The van der Waals surface area contributed by atoms with Crippen LogP contribution in [0.3, 0.4) is 0 Å². The second-order valence-electron chi connectivity index (χ2n) is 11.2. The molecule has 1 N–H and O–H groups in total. The van der Waals surface area contributed by atoms with E-state index in [1.807, 2.05) is 24.3 Å². The Bertz CT molecular complexity index is 2080. The lowest BCUT2D eigenvalue weighted by molar-refractivity contribution is 0.0507. The lowest BCUT2D eigenvalue weighted by Crippen LogP contribution is -2.14. The standard InChI is InChI=1S/C20H15BrCl2N2O2.C20H16Cl2N2O3/c1-2-27-20(26)19-16(11-21)24-17(12-3-7-14(22)8-4-12)18(25-19)13-5-9-15(23)10-6-13;1-2-27-20(26)19-16(11-25)23-17(12-3-7-14(21)8-4-12)18(24-19)13-5-9-15(22)10-6-13/h3-10H,2,11H2,1H3;3-10,25H,2,11H2,1H3. The number of carbonyl (C=O) groups is 2. The van der Waals surface area contributed by atoms with Crippen molar-refractivity contribution in [3.63, 3.8) is 0 Å². The highest BCUT2D eigenvalue weighted by atomic mass is 79.9. The Hall–Kier alpha value is -4.42. The van der Waals surface area contributed by atoms with E-state index in [2.05, 4.69) is 30.9 Å². The summed E-state index contributed by atoms with van der Waals surface area (Å²) in [5, 5.41) is 12.5. The molecule has 0 unspecified atom stereocenters. The molecule has 14 heteroatoms. The number of hydrogen-bond donors (Lipinski definition) is 1. The normalized spacial score (nSPS) is 10.7. The molecule has 0 bridgehead atoms. The third-order valence-electron chi connectivity index (χ3n) is 7.62. The molecule has 0 fully saturated rings. The SMILES string of the molecule is CCOC(=O)c1nc(-c2ccc(Cl)cc2)c(-c2ccc(Cl)cc2)nc1CBr.CCOC(=O)c1nc(-c2ccc(Cl)cc2)c(-c2ccc(Cl)cc2)nc1CO. The summed E-state index contributed by atoms with van der Waals surface area (Å²) in [7, 11) is 0. The topological polar surface area (TPSA) is 124 Å². The first kappa shape index (κ1) is 40.8. The number of aliphatic hydroxyl groups excluding tert-OH is 1. The van der Waals surface area contributed by atoms with E-state index in [1.54, 1.807) is 86.6 Å². The van der Waals surface area contributed by atoms with Crippen LogP contribution in [0, 0.1) is 0 Å². The lowest BCUT2D eigenvalue weighted by atomic mass is 10.0. The summed E-state index contributed by atoms with van der Waals surface area (Å²) in [4.78, 5) is 43.0. The summed E-state index contributed by atoms with van der Waals surface area (Å²) < 4.78 is 10.2. The van der Waals surface area contributed by atoms with E-state index in [4.69, 9.17) is 60.9 Å². The molecule has 54 heavy (non-hydrogen) atoms. The highest BCUT2D eigenvalue weighted by Crippen LogP contribution is 2.34. The summed E-state index contributed by atoms with van der Waals surface area (Å²) in [6.07, 6.45) is 0. The minimum atomic E-state index is -0.632. The fourth-order valence-corrected chi connectivity index (χ4v) is 6.00.